The normalized spacial score (nSPS) is 10.8. The number of hydrogen-bond donors (Lipinski definition) is 1. The summed E-state index contributed by atoms with van der Waals surface area (Å²) in [6.07, 6.45) is 0.133. The highest BCUT2D eigenvalue weighted by molar-refractivity contribution is 7.99. The first kappa shape index (κ1) is 17.9. The number of anilines is 1. The summed E-state index contributed by atoms with van der Waals surface area (Å²) in [5.41, 5.74) is 1.83. The van der Waals surface area contributed by atoms with E-state index in [-0.39, 0.29) is 17.5 Å². The van der Waals surface area contributed by atoms with Crippen LogP contribution in [0, 0.1) is 11.3 Å². The molecule has 0 atom stereocenters. The Bertz CT molecular complexity index is 981. The van der Waals surface area contributed by atoms with Crippen LogP contribution in [0.15, 0.2) is 53.7 Å². The molecule has 2 aromatic carbocycles. The lowest BCUT2D eigenvalue weighted by atomic mass is 10.2. The van der Waals surface area contributed by atoms with E-state index in [0.29, 0.717) is 28.0 Å². The molecule has 8 heteroatoms. The molecule has 1 N–H and O–H groups in total. The van der Waals surface area contributed by atoms with Gasteiger partial charge in [0.1, 0.15) is 0 Å². The van der Waals surface area contributed by atoms with E-state index in [1.54, 1.807) is 48.5 Å². The number of carbonyl (C=O) groups is 1. The largest absolute Gasteiger partial charge is 0.326 e. The Morgan fingerprint density at radius 1 is 1.27 bits per heavy atom. The van der Waals surface area contributed by atoms with E-state index in [9.17, 15) is 13.6 Å². The fourth-order valence-electron chi connectivity index (χ4n) is 2.44. The van der Waals surface area contributed by atoms with Gasteiger partial charge in [0.25, 0.3) is 0 Å². The van der Waals surface area contributed by atoms with Gasteiger partial charge in [-0.25, -0.2) is 4.98 Å². The summed E-state index contributed by atoms with van der Waals surface area (Å²) in [5.74, 6) is 0.0482. The summed E-state index contributed by atoms with van der Waals surface area (Å²) < 4.78 is 27.5. The van der Waals surface area contributed by atoms with Gasteiger partial charge < -0.3 is 5.32 Å². The highest BCUT2D eigenvalue weighted by Crippen LogP contribution is 2.29. The number of nitrogens with one attached hydrogen (secondary N) is 1. The number of hydrogen-bond acceptors (Lipinski definition) is 4. The summed E-state index contributed by atoms with van der Waals surface area (Å²) in [4.78, 5) is 16.2. The fourth-order valence-corrected chi connectivity index (χ4v) is 3.39. The highest BCUT2D eigenvalue weighted by Gasteiger charge is 2.18. The molecule has 132 valence electrons. The van der Waals surface area contributed by atoms with E-state index in [1.165, 1.54) is 0 Å². The first-order valence-corrected chi connectivity index (χ1v) is 8.75. The Hall–Kier alpha value is -2.92. The van der Waals surface area contributed by atoms with Crippen molar-refractivity contribution in [2.24, 2.45) is 0 Å². The molecule has 0 unspecified atom stereocenters. The van der Waals surface area contributed by atoms with Crippen molar-refractivity contribution >= 4 is 34.4 Å². The van der Waals surface area contributed by atoms with Crippen molar-refractivity contribution in [3.8, 4) is 6.07 Å². The zero-order chi connectivity index (χ0) is 18.5. The van der Waals surface area contributed by atoms with E-state index < -0.39 is 6.55 Å². The summed E-state index contributed by atoms with van der Waals surface area (Å²) in [6.45, 7) is -2.70. The minimum absolute atomic E-state index is 0.133. The van der Waals surface area contributed by atoms with Crippen LogP contribution in [0.5, 0.6) is 0 Å². The van der Waals surface area contributed by atoms with Crippen LogP contribution in [0.3, 0.4) is 0 Å². The van der Waals surface area contributed by atoms with Gasteiger partial charge in [-0.1, -0.05) is 30.0 Å². The smallest absolute Gasteiger partial charge is 0.321 e. The van der Waals surface area contributed by atoms with E-state index in [4.69, 9.17) is 5.26 Å². The molecular weight excluding hydrogens is 358 g/mol. The van der Waals surface area contributed by atoms with E-state index >= 15 is 0 Å². The third kappa shape index (κ3) is 4.00. The molecule has 0 saturated carbocycles. The van der Waals surface area contributed by atoms with E-state index in [1.807, 2.05) is 6.07 Å². The van der Waals surface area contributed by atoms with Gasteiger partial charge in [0.2, 0.25) is 5.91 Å². The molecule has 1 aromatic heterocycles. The number of rotatable bonds is 6. The number of fused-ring (bicyclic) bond motifs is 1. The SMILES string of the molecule is N#Cc1cccc(NC(=O)CCSc2nc3ccccc3n2C(F)F)c1. The van der Waals surface area contributed by atoms with Crippen molar-refractivity contribution < 1.29 is 13.6 Å². The second-order valence-electron chi connectivity index (χ2n) is 5.37. The maximum Gasteiger partial charge on any atom is 0.321 e. The molecular formula is C18H14F2N4OS. The number of nitriles is 1. The van der Waals surface area contributed by atoms with Crippen LogP contribution in [0.1, 0.15) is 18.5 Å². The summed E-state index contributed by atoms with van der Waals surface area (Å²) in [6, 6.07) is 15.2. The fraction of sp³-hybridized carbons (Fsp3) is 0.167. The Labute approximate surface area is 152 Å². The Balaban J connectivity index is 1.63. The summed E-state index contributed by atoms with van der Waals surface area (Å²) in [7, 11) is 0. The number of para-hydroxylation sites is 2. The molecule has 0 spiro atoms. The van der Waals surface area contributed by atoms with Crippen molar-refractivity contribution in [1.29, 1.82) is 5.26 Å². The second-order valence-corrected chi connectivity index (χ2v) is 6.43. The molecule has 5 nitrogen and oxygen atoms in total. The van der Waals surface area contributed by atoms with Gasteiger partial charge in [0, 0.05) is 17.9 Å². The predicted octanol–water partition coefficient (Wildman–Crippen LogP) is 4.42. The summed E-state index contributed by atoms with van der Waals surface area (Å²) in [5, 5.41) is 11.7. The van der Waals surface area contributed by atoms with Gasteiger partial charge >= 0.3 is 6.55 Å². The van der Waals surface area contributed by atoms with Crippen LogP contribution >= 0.6 is 11.8 Å². The number of imidazole rings is 1. The van der Waals surface area contributed by atoms with Crippen molar-refractivity contribution in [3.05, 3.63) is 54.1 Å². The lowest BCUT2D eigenvalue weighted by molar-refractivity contribution is -0.115. The molecule has 3 aromatic rings. The van der Waals surface area contributed by atoms with Gasteiger partial charge in [-0.2, -0.15) is 14.0 Å². The molecule has 0 aliphatic heterocycles. The minimum atomic E-state index is -2.70. The number of thioether (sulfide) groups is 1. The molecule has 0 radical (unpaired) electrons. The first-order chi connectivity index (χ1) is 12.6. The van der Waals surface area contributed by atoms with E-state index in [0.717, 1.165) is 16.3 Å². The van der Waals surface area contributed by atoms with Crippen LogP contribution in [0.4, 0.5) is 14.5 Å². The van der Waals surface area contributed by atoms with Crippen molar-refractivity contribution in [2.75, 3.05) is 11.1 Å². The molecule has 0 bridgehead atoms. The molecule has 0 aliphatic rings. The number of alkyl halides is 2. The maximum absolute atomic E-state index is 13.3. The van der Waals surface area contributed by atoms with Crippen molar-refractivity contribution in [3.63, 3.8) is 0 Å². The molecule has 1 heterocycles. The highest BCUT2D eigenvalue weighted by atomic mass is 32.2. The topological polar surface area (TPSA) is 70.7 Å². The zero-order valence-corrected chi connectivity index (χ0v) is 14.3. The lowest BCUT2D eigenvalue weighted by Gasteiger charge is -2.08. The number of benzene rings is 2. The van der Waals surface area contributed by atoms with Crippen molar-refractivity contribution in [1.82, 2.24) is 9.55 Å². The minimum Gasteiger partial charge on any atom is -0.326 e. The number of carbonyl (C=O) groups excluding carboxylic acids is 1. The van der Waals surface area contributed by atoms with Gasteiger partial charge in [-0.3, -0.25) is 9.36 Å². The number of aromatic nitrogens is 2. The first-order valence-electron chi connectivity index (χ1n) is 7.76. The lowest BCUT2D eigenvalue weighted by Crippen LogP contribution is -2.12. The molecule has 0 aliphatic carbocycles. The van der Waals surface area contributed by atoms with Crippen LogP contribution < -0.4 is 5.32 Å². The van der Waals surface area contributed by atoms with Gasteiger partial charge in [-0.15, -0.1) is 0 Å². The van der Waals surface area contributed by atoms with E-state index in [2.05, 4.69) is 10.3 Å². The Kier molecular flexibility index (Phi) is 5.49. The van der Waals surface area contributed by atoms with Gasteiger partial charge in [0.15, 0.2) is 5.16 Å². The molecule has 0 saturated heterocycles. The number of amides is 1. The average Bonchev–Trinajstić information content (AvgIpc) is 3.00. The molecule has 1 amide bonds. The quantitative estimate of drug-likeness (QED) is 0.650. The van der Waals surface area contributed by atoms with Gasteiger partial charge in [0.05, 0.1) is 22.7 Å². The standard InChI is InChI=1S/C18H14F2N4OS/c19-17(20)24-15-7-2-1-6-14(15)23-18(24)26-9-8-16(25)22-13-5-3-4-12(10-13)11-21/h1-7,10,17H,8-9H2,(H,22,25). The zero-order valence-electron chi connectivity index (χ0n) is 13.5. The number of nitrogens with zero attached hydrogens (tertiary/aromatic N) is 3. The van der Waals surface area contributed by atoms with Crippen LogP contribution in [-0.4, -0.2) is 21.2 Å². The monoisotopic (exact) mass is 372 g/mol. The van der Waals surface area contributed by atoms with Crippen LogP contribution in [0.25, 0.3) is 11.0 Å². The molecule has 26 heavy (non-hydrogen) atoms. The van der Waals surface area contributed by atoms with Crippen LogP contribution in [0.2, 0.25) is 0 Å². The average molecular weight is 372 g/mol. The third-order valence-corrected chi connectivity index (χ3v) is 4.55. The predicted molar refractivity (Wildman–Crippen MR) is 96.1 cm³/mol. The third-order valence-electron chi connectivity index (χ3n) is 3.59. The Morgan fingerprint density at radius 3 is 2.85 bits per heavy atom. The Morgan fingerprint density at radius 2 is 2.08 bits per heavy atom. The maximum atomic E-state index is 13.3. The second kappa shape index (κ2) is 7.97. The number of halogens is 2. The summed E-state index contributed by atoms with van der Waals surface area (Å²) >= 11 is 1.11. The molecule has 0 fully saturated rings. The van der Waals surface area contributed by atoms with Gasteiger partial charge in [-0.05, 0) is 30.3 Å². The molecule has 3 rings (SSSR count). The van der Waals surface area contributed by atoms with Crippen LogP contribution in [-0.2, 0) is 4.79 Å². The van der Waals surface area contributed by atoms with Crippen molar-refractivity contribution in [2.45, 2.75) is 18.1 Å².